The maximum atomic E-state index is 12.2. The number of carbonyl (C=O) groups excluding carboxylic acids is 1. The number of anilines is 1. The zero-order valence-corrected chi connectivity index (χ0v) is 13.8. The first kappa shape index (κ1) is 16.0. The summed E-state index contributed by atoms with van der Waals surface area (Å²) in [5.41, 5.74) is 2.98. The molecule has 2 heterocycles. The Morgan fingerprint density at radius 1 is 1.21 bits per heavy atom. The smallest absolute Gasteiger partial charge is 0.225 e. The van der Waals surface area contributed by atoms with Gasteiger partial charge in [-0.2, -0.15) is 5.10 Å². The van der Waals surface area contributed by atoms with Gasteiger partial charge in [-0.1, -0.05) is 35.5 Å². The van der Waals surface area contributed by atoms with Crippen molar-refractivity contribution < 1.29 is 9.32 Å². The highest BCUT2D eigenvalue weighted by molar-refractivity contribution is 5.90. The number of benzene rings is 1. The summed E-state index contributed by atoms with van der Waals surface area (Å²) in [6.45, 7) is 4.37. The Balaban J connectivity index is 1.60. The fraction of sp³-hybridized carbons (Fsp3) is 0.278. The largest absolute Gasteiger partial charge is 0.361 e. The van der Waals surface area contributed by atoms with E-state index in [2.05, 4.69) is 15.6 Å². The van der Waals surface area contributed by atoms with Gasteiger partial charge in [0.1, 0.15) is 11.6 Å². The monoisotopic (exact) mass is 324 g/mol. The minimum absolute atomic E-state index is 0.0511. The SMILES string of the molecule is Cc1noc(C)c1CCC(=O)Nc1ccnn1Cc1ccccc1. The number of carbonyl (C=O) groups is 1. The second-order valence-corrected chi connectivity index (χ2v) is 5.71. The predicted molar refractivity (Wildman–Crippen MR) is 90.7 cm³/mol. The van der Waals surface area contributed by atoms with Crippen molar-refractivity contribution in [2.24, 2.45) is 0 Å². The minimum atomic E-state index is -0.0511. The highest BCUT2D eigenvalue weighted by atomic mass is 16.5. The number of nitrogens with one attached hydrogen (secondary N) is 1. The van der Waals surface area contributed by atoms with Crippen LogP contribution in [0.3, 0.4) is 0 Å². The molecule has 0 fully saturated rings. The molecule has 1 N–H and O–H groups in total. The van der Waals surface area contributed by atoms with Gasteiger partial charge in [0.15, 0.2) is 0 Å². The maximum Gasteiger partial charge on any atom is 0.225 e. The summed E-state index contributed by atoms with van der Waals surface area (Å²) in [4.78, 5) is 12.2. The van der Waals surface area contributed by atoms with E-state index in [1.54, 1.807) is 16.9 Å². The third-order valence-electron chi connectivity index (χ3n) is 3.94. The molecule has 3 rings (SSSR count). The van der Waals surface area contributed by atoms with Crippen molar-refractivity contribution in [1.82, 2.24) is 14.9 Å². The summed E-state index contributed by atoms with van der Waals surface area (Å²) >= 11 is 0. The molecular weight excluding hydrogens is 304 g/mol. The number of rotatable bonds is 6. The molecule has 24 heavy (non-hydrogen) atoms. The zero-order chi connectivity index (χ0) is 16.9. The lowest BCUT2D eigenvalue weighted by Gasteiger charge is -2.09. The van der Waals surface area contributed by atoms with Crippen LogP contribution >= 0.6 is 0 Å². The molecule has 0 aliphatic carbocycles. The van der Waals surface area contributed by atoms with Crippen LogP contribution in [0.25, 0.3) is 0 Å². The molecule has 0 radical (unpaired) electrons. The number of amides is 1. The summed E-state index contributed by atoms with van der Waals surface area (Å²) in [6.07, 6.45) is 2.67. The van der Waals surface area contributed by atoms with Crippen molar-refractivity contribution in [3.8, 4) is 0 Å². The van der Waals surface area contributed by atoms with Crippen molar-refractivity contribution in [2.75, 3.05) is 5.32 Å². The molecule has 124 valence electrons. The predicted octanol–water partition coefficient (Wildman–Crippen LogP) is 3.11. The Morgan fingerprint density at radius 2 is 2.00 bits per heavy atom. The van der Waals surface area contributed by atoms with Crippen LogP contribution < -0.4 is 5.32 Å². The molecule has 0 spiro atoms. The van der Waals surface area contributed by atoms with E-state index in [1.807, 2.05) is 44.2 Å². The Bertz CT molecular complexity index is 801. The van der Waals surface area contributed by atoms with Crippen LogP contribution in [0.1, 0.15) is 29.0 Å². The van der Waals surface area contributed by atoms with Crippen molar-refractivity contribution in [1.29, 1.82) is 0 Å². The highest BCUT2D eigenvalue weighted by Gasteiger charge is 2.12. The van der Waals surface area contributed by atoms with Crippen LogP contribution in [-0.4, -0.2) is 20.8 Å². The molecule has 0 saturated carbocycles. The number of hydrogen-bond donors (Lipinski definition) is 1. The lowest BCUT2D eigenvalue weighted by molar-refractivity contribution is -0.116. The Hall–Kier alpha value is -2.89. The summed E-state index contributed by atoms with van der Waals surface area (Å²) < 4.78 is 6.90. The molecule has 1 aromatic carbocycles. The van der Waals surface area contributed by atoms with Gasteiger partial charge in [-0.15, -0.1) is 0 Å². The van der Waals surface area contributed by atoms with Crippen LogP contribution in [0.15, 0.2) is 47.1 Å². The van der Waals surface area contributed by atoms with Crippen LogP contribution in [0.5, 0.6) is 0 Å². The van der Waals surface area contributed by atoms with Crippen LogP contribution in [0.2, 0.25) is 0 Å². The van der Waals surface area contributed by atoms with Gasteiger partial charge in [0, 0.05) is 18.1 Å². The second kappa shape index (κ2) is 7.12. The van der Waals surface area contributed by atoms with Crippen molar-refractivity contribution in [3.63, 3.8) is 0 Å². The van der Waals surface area contributed by atoms with E-state index >= 15 is 0 Å². The Morgan fingerprint density at radius 3 is 2.71 bits per heavy atom. The summed E-state index contributed by atoms with van der Waals surface area (Å²) in [7, 11) is 0. The van der Waals surface area contributed by atoms with Gasteiger partial charge in [0.2, 0.25) is 5.91 Å². The van der Waals surface area contributed by atoms with Gasteiger partial charge in [0.05, 0.1) is 18.4 Å². The van der Waals surface area contributed by atoms with Gasteiger partial charge < -0.3 is 9.84 Å². The molecule has 6 heteroatoms. The molecule has 0 bridgehead atoms. The average Bonchev–Trinajstić information content (AvgIpc) is 3.13. The second-order valence-electron chi connectivity index (χ2n) is 5.71. The minimum Gasteiger partial charge on any atom is -0.361 e. The topological polar surface area (TPSA) is 73.0 Å². The molecule has 3 aromatic rings. The van der Waals surface area contributed by atoms with E-state index in [1.165, 1.54) is 0 Å². The van der Waals surface area contributed by atoms with Gasteiger partial charge in [0.25, 0.3) is 0 Å². The summed E-state index contributed by atoms with van der Waals surface area (Å²) in [5, 5.41) is 11.1. The summed E-state index contributed by atoms with van der Waals surface area (Å²) in [6, 6.07) is 11.8. The van der Waals surface area contributed by atoms with Crippen molar-refractivity contribution in [3.05, 3.63) is 65.2 Å². The maximum absolute atomic E-state index is 12.2. The summed E-state index contributed by atoms with van der Waals surface area (Å²) in [5.74, 6) is 1.42. The fourth-order valence-corrected chi connectivity index (χ4v) is 2.62. The molecule has 0 saturated heterocycles. The van der Waals surface area contributed by atoms with Crippen LogP contribution in [0.4, 0.5) is 5.82 Å². The van der Waals surface area contributed by atoms with Gasteiger partial charge in [-0.05, 0) is 25.8 Å². The molecule has 0 atom stereocenters. The molecular formula is C18H20N4O2. The molecule has 0 unspecified atom stereocenters. The van der Waals surface area contributed by atoms with E-state index in [9.17, 15) is 4.79 Å². The lowest BCUT2D eigenvalue weighted by atomic mass is 10.1. The average molecular weight is 324 g/mol. The molecule has 2 aromatic heterocycles. The first-order valence-corrected chi connectivity index (χ1v) is 7.91. The van der Waals surface area contributed by atoms with Gasteiger partial charge >= 0.3 is 0 Å². The fourth-order valence-electron chi connectivity index (χ4n) is 2.62. The van der Waals surface area contributed by atoms with Crippen LogP contribution in [-0.2, 0) is 17.8 Å². The molecule has 6 nitrogen and oxygen atoms in total. The first-order valence-electron chi connectivity index (χ1n) is 7.91. The van der Waals surface area contributed by atoms with E-state index in [0.29, 0.717) is 25.2 Å². The molecule has 0 aliphatic heterocycles. The Kier molecular flexibility index (Phi) is 4.74. The molecule has 1 amide bonds. The van der Waals surface area contributed by atoms with Crippen LogP contribution in [0, 0.1) is 13.8 Å². The van der Waals surface area contributed by atoms with E-state index < -0.39 is 0 Å². The third kappa shape index (κ3) is 3.71. The van der Waals surface area contributed by atoms with Crippen molar-refractivity contribution in [2.45, 2.75) is 33.2 Å². The molecule has 0 aliphatic rings. The lowest BCUT2D eigenvalue weighted by Crippen LogP contribution is -2.16. The normalized spacial score (nSPS) is 10.8. The standard InChI is InChI=1S/C18H20N4O2/c1-13-16(14(2)24-21-13)8-9-18(23)20-17-10-11-19-22(17)12-15-6-4-3-5-7-15/h3-7,10-11H,8-9,12H2,1-2H3,(H,20,23). The van der Waals surface area contributed by atoms with Gasteiger partial charge in [-0.3, -0.25) is 4.79 Å². The third-order valence-corrected chi connectivity index (χ3v) is 3.94. The van der Waals surface area contributed by atoms with Gasteiger partial charge in [-0.25, -0.2) is 4.68 Å². The van der Waals surface area contributed by atoms with E-state index in [-0.39, 0.29) is 5.91 Å². The zero-order valence-electron chi connectivity index (χ0n) is 13.8. The quantitative estimate of drug-likeness (QED) is 0.756. The highest BCUT2D eigenvalue weighted by Crippen LogP contribution is 2.15. The number of aromatic nitrogens is 3. The number of hydrogen-bond acceptors (Lipinski definition) is 4. The van der Waals surface area contributed by atoms with Crippen molar-refractivity contribution >= 4 is 11.7 Å². The first-order chi connectivity index (χ1) is 11.6. The Labute approximate surface area is 140 Å². The number of nitrogens with zero attached hydrogens (tertiary/aromatic N) is 3. The number of aryl methyl sites for hydroxylation is 2. The van der Waals surface area contributed by atoms with E-state index in [4.69, 9.17) is 4.52 Å². The van der Waals surface area contributed by atoms with E-state index in [0.717, 1.165) is 22.6 Å².